The molecule has 1 rings (SSSR count). The van der Waals surface area contributed by atoms with Crippen LogP contribution in [0.15, 0.2) is 6.07 Å². The molecule has 0 aliphatic rings. The van der Waals surface area contributed by atoms with Gasteiger partial charge in [-0.15, -0.1) is 0 Å². The molecule has 66 valence electrons. The number of anilines is 1. The first-order valence-electron chi connectivity index (χ1n) is 3.68. The molecule has 0 aliphatic carbocycles. The minimum Gasteiger partial charge on any atom is -0.324 e. The SMILES string of the molecule is CCSC(=S)Nc1cc(C)[nH]n1. The van der Waals surface area contributed by atoms with Crippen molar-refractivity contribution in [2.45, 2.75) is 13.8 Å². The van der Waals surface area contributed by atoms with Crippen molar-refractivity contribution in [3.05, 3.63) is 11.8 Å². The Kier molecular flexibility index (Phi) is 3.55. The number of nitrogens with one attached hydrogen (secondary N) is 2. The van der Waals surface area contributed by atoms with E-state index in [-0.39, 0.29) is 0 Å². The highest BCUT2D eigenvalue weighted by Gasteiger charge is 1.99. The van der Waals surface area contributed by atoms with Gasteiger partial charge in [0.1, 0.15) is 4.32 Å². The zero-order valence-electron chi connectivity index (χ0n) is 7.05. The normalized spacial score (nSPS) is 9.83. The lowest BCUT2D eigenvalue weighted by atomic mass is 10.5. The van der Waals surface area contributed by atoms with E-state index in [4.69, 9.17) is 12.2 Å². The second-order valence-corrected chi connectivity index (χ2v) is 4.22. The second-order valence-electron chi connectivity index (χ2n) is 2.28. The molecule has 0 bridgehead atoms. The van der Waals surface area contributed by atoms with Gasteiger partial charge < -0.3 is 5.32 Å². The summed E-state index contributed by atoms with van der Waals surface area (Å²) >= 11 is 6.64. The van der Waals surface area contributed by atoms with Gasteiger partial charge in [0.15, 0.2) is 5.82 Å². The van der Waals surface area contributed by atoms with Gasteiger partial charge in [-0.1, -0.05) is 30.9 Å². The molecule has 12 heavy (non-hydrogen) atoms. The topological polar surface area (TPSA) is 40.7 Å². The number of aromatic amines is 1. The van der Waals surface area contributed by atoms with Crippen LogP contribution >= 0.6 is 24.0 Å². The molecule has 1 aromatic heterocycles. The van der Waals surface area contributed by atoms with E-state index in [1.165, 1.54) is 0 Å². The average molecular weight is 201 g/mol. The molecule has 1 heterocycles. The number of thiocarbonyl (C=S) groups is 1. The Morgan fingerprint density at radius 2 is 2.58 bits per heavy atom. The van der Waals surface area contributed by atoms with Gasteiger partial charge in [-0.2, -0.15) is 5.10 Å². The van der Waals surface area contributed by atoms with Gasteiger partial charge in [0.25, 0.3) is 0 Å². The third-order valence-electron chi connectivity index (χ3n) is 1.21. The molecule has 5 heteroatoms. The van der Waals surface area contributed by atoms with Gasteiger partial charge in [0.05, 0.1) is 0 Å². The highest BCUT2D eigenvalue weighted by molar-refractivity contribution is 8.23. The van der Waals surface area contributed by atoms with Crippen molar-refractivity contribution in [2.24, 2.45) is 0 Å². The molecule has 0 saturated carbocycles. The first-order valence-corrected chi connectivity index (χ1v) is 5.07. The number of nitrogens with zero attached hydrogens (tertiary/aromatic N) is 1. The van der Waals surface area contributed by atoms with Crippen LogP contribution in [0, 0.1) is 6.92 Å². The predicted octanol–water partition coefficient (Wildman–Crippen LogP) is 2.17. The maximum absolute atomic E-state index is 5.04. The van der Waals surface area contributed by atoms with E-state index in [0.717, 1.165) is 21.6 Å². The second kappa shape index (κ2) is 4.47. The number of aryl methyl sites for hydroxylation is 1. The molecule has 3 nitrogen and oxygen atoms in total. The highest BCUT2D eigenvalue weighted by atomic mass is 32.2. The fraction of sp³-hybridized carbons (Fsp3) is 0.429. The van der Waals surface area contributed by atoms with Crippen LogP contribution in [0.25, 0.3) is 0 Å². The van der Waals surface area contributed by atoms with Crippen LogP contribution in [-0.2, 0) is 0 Å². The fourth-order valence-corrected chi connectivity index (χ4v) is 1.65. The van der Waals surface area contributed by atoms with Gasteiger partial charge in [-0.05, 0) is 12.7 Å². The predicted molar refractivity (Wildman–Crippen MR) is 57.7 cm³/mol. The summed E-state index contributed by atoms with van der Waals surface area (Å²) in [6.07, 6.45) is 0. The summed E-state index contributed by atoms with van der Waals surface area (Å²) in [6, 6.07) is 1.92. The number of hydrogen-bond donors (Lipinski definition) is 2. The maximum atomic E-state index is 5.04. The molecular weight excluding hydrogens is 190 g/mol. The average Bonchev–Trinajstić information content (AvgIpc) is 2.36. The Morgan fingerprint density at radius 1 is 1.83 bits per heavy atom. The van der Waals surface area contributed by atoms with Gasteiger partial charge in [0, 0.05) is 11.8 Å². The molecule has 0 amide bonds. The summed E-state index contributed by atoms with van der Waals surface area (Å²) in [6.45, 7) is 4.02. The third-order valence-corrected chi connectivity index (χ3v) is 2.32. The maximum Gasteiger partial charge on any atom is 0.153 e. The molecule has 0 aromatic carbocycles. The smallest absolute Gasteiger partial charge is 0.153 e. The number of hydrogen-bond acceptors (Lipinski definition) is 3. The lowest BCUT2D eigenvalue weighted by molar-refractivity contribution is 1.05. The Hall–Kier alpha value is -0.550. The van der Waals surface area contributed by atoms with Gasteiger partial charge in [0.2, 0.25) is 0 Å². The number of aromatic nitrogens is 2. The van der Waals surface area contributed by atoms with Gasteiger partial charge in [-0.3, -0.25) is 5.10 Å². The Balaban J connectivity index is 2.46. The molecular formula is C7H11N3S2. The fourth-order valence-electron chi connectivity index (χ4n) is 0.754. The van der Waals surface area contributed by atoms with E-state index in [0.29, 0.717) is 0 Å². The Labute approximate surface area is 81.3 Å². The summed E-state index contributed by atoms with van der Waals surface area (Å²) in [5.41, 5.74) is 1.03. The van der Waals surface area contributed by atoms with Crippen molar-refractivity contribution >= 4 is 34.1 Å². The van der Waals surface area contributed by atoms with Crippen LogP contribution in [0.2, 0.25) is 0 Å². The van der Waals surface area contributed by atoms with E-state index in [1.807, 2.05) is 13.0 Å². The number of rotatable bonds is 2. The van der Waals surface area contributed by atoms with E-state index in [1.54, 1.807) is 11.8 Å². The molecule has 0 saturated heterocycles. The first-order chi connectivity index (χ1) is 5.72. The van der Waals surface area contributed by atoms with E-state index >= 15 is 0 Å². The molecule has 0 spiro atoms. The van der Waals surface area contributed by atoms with Crippen molar-refractivity contribution in [3.63, 3.8) is 0 Å². The van der Waals surface area contributed by atoms with Gasteiger partial charge >= 0.3 is 0 Å². The largest absolute Gasteiger partial charge is 0.324 e. The monoisotopic (exact) mass is 201 g/mol. The van der Waals surface area contributed by atoms with Gasteiger partial charge in [-0.25, -0.2) is 0 Å². The van der Waals surface area contributed by atoms with Crippen molar-refractivity contribution in [3.8, 4) is 0 Å². The van der Waals surface area contributed by atoms with Crippen molar-refractivity contribution in [1.29, 1.82) is 0 Å². The summed E-state index contributed by atoms with van der Waals surface area (Å²) in [5, 5.41) is 9.85. The number of thioether (sulfide) groups is 1. The summed E-state index contributed by atoms with van der Waals surface area (Å²) in [5.74, 6) is 1.77. The molecule has 2 N–H and O–H groups in total. The molecule has 0 aliphatic heterocycles. The lowest BCUT2D eigenvalue weighted by Gasteiger charge is -2.00. The zero-order valence-corrected chi connectivity index (χ0v) is 8.68. The Bertz CT molecular complexity index is 269. The summed E-state index contributed by atoms with van der Waals surface area (Å²) < 4.78 is 0.768. The minimum absolute atomic E-state index is 0.768. The van der Waals surface area contributed by atoms with Crippen LogP contribution in [0.4, 0.5) is 5.82 Å². The number of H-pyrrole nitrogens is 1. The summed E-state index contributed by atoms with van der Waals surface area (Å²) in [4.78, 5) is 0. The van der Waals surface area contributed by atoms with Crippen molar-refractivity contribution < 1.29 is 0 Å². The van der Waals surface area contributed by atoms with Crippen molar-refractivity contribution in [2.75, 3.05) is 11.1 Å². The van der Waals surface area contributed by atoms with Crippen molar-refractivity contribution in [1.82, 2.24) is 10.2 Å². The third kappa shape index (κ3) is 2.83. The van der Waals surface area contributed by atoms with Crippen LogP contribution in [0.3, 0.4) is 0 Å². The lowest BCUT2D eigenvalue weighted by Crippen LogP contribution is -2.04. The van der Waals surface area contributed by atoms with E-state index in [2.05, 4.69) is 22.4 Å². The van der Waals surface area contributed by atoms with Crippen LogP contribution in [-0.4, -0.2) is 20.3 Å². The van der Waals surface area contributed by atoms with E-state index < -0.39 is 0 Å². The van der Waals surface area contributed by atoms with Crippen LogP contribution < -0.4 is 5.32 Å². The zero-order chi connectivity index (χ0) is 8.97. The molecule has 0 atom stereocenters. The molecule has 0 fully saturated rings. The minimum atomic E-state index is 0.768. The standard InChI is InChI=1S/C7H11N3S2/c1-3-12-7(11)8-6-4-5(2)9-10-6/h4H,3H2,1-2H3,(H2,8,9,10,11). The quantitative estimate of drug-likeness (QED) is 0.719. The molecule has 0 radical (unpaired) electrons. The first kappa shape index (κ1) is 9.54. The summed E-state index contributed by atoms with van der Waals surface area (Å²) in [7, 11) is 0. The molecule has 1 aromatic rings. The molecule has 0 unspecified atom stereocenters. The van der Waals surface area contributed by atoms with Crippen LogP contribution in [0.5, 0.6) is 0 Å². The highest BCUT2D eigenvalue weighted by Crippen LogP contribution is 2.09. The van der Waals surface area contributed by atoms with Crippen LogP contribution in [0.1, 0.15) is 12.6 Å². The Morgan fingerprint density at radius 3 is 3.08 bits per heavy atom. The van der Waals surface area contributed by atoms with E-state index in [9.17, 15) is 0 Å².